The van der Waals surface area contributed by atoms with Gasteiger partial charge in [0, 0.05) is 13.1 Å². The van der Waals surface area contributed by atoms with Crippen molar-refractivity contribution in [3.05, 3.63) is 59.2 Å². The molecule has 0 atom stereocenters. The van der Waals surface area contributed by atoms with Gasteiger partial charge in [0.15, 0.2) is 0 Å². The second-order valence-electron chi connectivity index (χ2n) is 6.66. The van der Waals surface area contributed by atoms with Crippen molar-refractivity contribution in [1.29, 1.82) is 0 Å². The minimum absolute atomic E-state index is 0.199. The number of amides is 1. The average molecular weight is 433 g/mol. The van der Waals surface area contributed by atoms with Crippen molar-refractivity contribution >= 4 is 5.91 Å². The molecular weight excluding hydrogens is 416 g/mol. The van der Waals surface area contributed by atoms with Gasteiger partial charge in [0.05, 0.1) is 18.6 Å². The van der Waals surface area contributed by atoms with E-state index in [2.05, 4.69) is 4.74 Å². The largest absolute Gasteiger partial charge is 0.522 e. The minimum Gasteiger partial charge on any atom is -0.457 e. The molecule has 0 N–H and O–H groups in total. The van der Waals surface area contributed by atoms with E-state index in [-0.39, 0.29) is 12.3 Å². The molecule has 2 aromatic rings. The highest BCUT2D eigenvalue weighted by atomic mass is 19.4. The standard InChI is InChI=1S/C20H17F6NO3/c21-19(22,23)15-2-5-16(6-3-15)30-17-4-1-13-7-9-27(12-14(13)11-17)18(28)8-10-29-20(24,25)26/h1-6,11H,7-10,12H2. The normalized spacial score (nSPS) is 14.4. The molecule has 0 saturated heterocycles. The smallest absolute Gasteiger partial charge is 0.457 e. The van der Waals surface area contributed by atoms with Crippen molar-refractivity contribution in [1.82, 2.24) is 4.90 Å². The molecule has 4 nitrogen and oxygen atoms in total. The van der Waals surface area contributed by atoms with Crippen molar-refractivity contribution in [2.75, 3.05) is 13.2 Å². The van der Waals surface area contributed by atoms with E-state index < -0.39 is 37.0 Å². The van der Waals surface area contributed by atoms with E-state index >= 15 is 0 Å². The van der Waals surface area contributed by atoms with Crippen LogP contribution < -0.4 is 4.74 Å². The van der Waals surface area contributed by atoms with E-state index in [1.54, 1.807) is 18.2 Å². The van der Waals surface area contributed by atoms with Crippen LogP contribution in [0, 0.1) is 0 Å². The second kappa shape index (κ2) is 8.55. The zero-order chi connectivity index (χ0) is 21.9. The lowest BCUT2D eigenvalue weighted by Crippen LogP contribution is -2.36. The fourth-order valence-electron chi connectivity index (χ4n) is 3.07. The first-order valence-electron chi connectivity index (χ1n) is 8.97. The van der Waals surface area contributed by atoms with Crippen LogP contribution in [0.3, 0.4) is 0 Å². The Hall–Kier alpha value is -2.75. The van der Waals surface area contributed by atoms with Gasteiger partial charge in [0.2, 0.25) is 5.91 Å². The maximum atomic E-state index is 12.6. The summed E-state index contributed by atoms with van der Waals surface area (Å²) in [5.41, 5.74) is 0.935. The average Bonchev–Trinajstić information content (AvgIpc) is 2.66. The van der Waals surface area contributed by atoms with E-state index in [0.29, 0.717) is 18.7 Å². The molecule has 162 valence electrons. The molecule has 1 aliphatic heterocycles. The number of fused-ring (bicyclic) bond motifs is 1. The fourth-order valence-corrected chi connectivity index (χ4v) is 3.07. The summed E-state index contributed by atoms with van der Waals surface area (Å²) in [5.74, 6) is 0.137. The van der Waals surface area contributed by atoms with Crippen LogP contribution in [0.2, 0.25) is 0 Å². The summed E-state index contributed by atoms with van der Waals surface area (Å²) in [7, 11) is 0. The van der Waals surface area contributed by atoms with E-state index in [0.717, 1.165) is 23.3 Å². The Balaban J connectivity index is 1.63. The Morgan fingerprint density at radius 2 is 1.60 bits per heavy atom. The zero-order valence-corrected chi connectivity index (χ0v) is 15.5. The minimum atomic E-state index is -4.78. The lowest BCUT2D eigenvalue weighted by atomic mass is 9.99. The third-order valence-electron chi connectivity index (χ3n) is 4.54. The van der Waals surface area contributed by atoms with E-state index in [1.807, 2.05) is 0 Å². The van der Waals surface area contributed by atoms with Crippen molar-refractivity contribution < 1.29 is 40.6 Å². The summed E-state index contributed by atoms with van der Waals surface area (Å²) < 4.78 is 83.2. The van der Waals surface area contributed by atoms with Gasteiger partial charge in [-0.3, -0.25) is 9.53 Å². The van der Waals surface area contributed by atoms with E-state index in [1.165, 1.54) is 17.0 Å². The van der Waals surface area contributed by atoms with Crippen LogP contribution >= 0.6 is 0 Å². The maximum Gasteiger partial charge on any atom is 0.522 e. The van der Waals surface area contributed by atoms with E-state index in [4.69, 9.17) is 4.74 Å². The molecule has 0 unspecified atom stereocenters. The summed E-state index contributed by atoms with van der Waals surface area (Å²) in [4.78, 5) is 13.6. The van der Waals surface area contributed by atoms with Crippen molar-refractivity contribution in [2.24, 2.45) is 0 Å². The van der Waals surface area contributed by atoms with Gasteiger partial charge in [-0.1, -0.05) is 6.07 Å². The highest BCUT2D eigenvalue weighted by molar-refractivity contribution is 5.76. The van der Waals surface area contributed by atoms with Crippen LogP contribution in [0.5, 0.6) is 11.5 Å². The SMILES string of the molecule is O=C(CCOC(F)(F)F)N1CCc2ccc(Oc3ccc(C(F)(F)F)cc3)cc2C1. The Morgan fingerprint density at radius 3 is 2.23 bits per heavy atom. The van der Waals surface area contributed by atoms with Crippen LogP contribution in [0.15, 0.2) is 42.5 Å². The molecule has 0 bridgehead atoms. The van der Waals surface area contributed by atoms with Gasteiger partial charge in [-0.15, -0.1) is 13.2 Å². The predicted octanol–water partition coefficient (Wildman–Crippen LogP) is 5.31. The van der Waals surface area contributed by atoms with E-state index in [9.17, 15) is 31.1 Å². The first-order valence-corrected chi connectivity index (χ1v) is 8.97. The Bertz CT molecular complexity index is 893. The highest BCUT2D eigenvalue weighted by Gasteiger charge is 2.31. The topological polar surface area (TPSA) is 38.8 Å². The molecule has 1 heterocycles. The second-order valence-corrected chi connectivity index (χ2v) is 6.66. The first-order chi connectivity index (χ1) is 14.0. The lowest BCUT2D eigenvalue weighted by Gasteiger charge is -2.29. The maximum absolute atomic E-state index is 12.6. The Kier molecular flexibility index (Phi) is 6.25. The van der Waals surface area contributed by atoms with Gasteiger partial charge in [-0.05, 0) is 53.9 Å². The summed E-state index contributed by atoms with van der Waals surface area (Å²) in [6.07, 6.45) is -9.08. The van der Waals surface area contributed by atoms with Crippen molar-refractivity contribution in [3.8, 4) is 11.5 Å². The molecule has 10 heteroatoms. The molecule has 2 aromatic carbocycles. The zero-order valence-electron chi connectivity index (χ0n) is 15.5. The highest BCUT2D eigenvalue weighted by Crippen LogP contribution is 2.32. The first kappa shape index (κ1) is 21.9. The third-order valence-corrected chi connectivity index (χ3v) is 4.54. The van der Waals surface area contributed by atoms with Gasteiger partial charge in [-0.25, -0.2) is 0 Å². The predicted molar refractivity (Wildman–Crippen MR) is 93.7 cm³/mol. The van der Waals surface area contributed by atoms with Gasteiger partial charge in [-0.2, -0.15) is 13.2 Å². The molecule has 3 rings (SSSR count). The third kappa shape index (κ3) is 5.88. The molecule has 0 aliphatic carbocycles. The number of rotatable bonds is 5. The molecule has 1 amide bonds. The molecule has 0 radical (unpaired) electrons. The van der Waals surface area contributed by atoms with Crippen LogP contribution in [-0.2, 0) is 28.7 Å². The summed E-state index contributed by atoms with van der Waals surface area (Å²) in [5, 5.41) is 0. The number of halogens is 6. The number of hydrogen-bond donors (Lipinski definition) is 0. The van der Waals surface area contributed by atoms with Gasteiger partial charge >= 0.3 is 12.5 Å². The molecule has 0 fully saturated rings. The molecule has 0 aromatic heterocycles. The number of hydrogen-bond acceptors (Lipinski definition) is 3. The number of nitrogens with zero attached hydrogens (tertiary/aromatic N) is 1. The van der Waals surface area contributed by atoms with Crippen LogP contribution in [0.1, 0.15) is 23.1 Å². The fraction of sp³-hybridized carbons (Fsp3) is 0.350. The quantitative estimate of drug-likeness (QED) is 0.600. The van der Waals surface area contributed by atoms with Crippen LogP contribution in [-0.4, -0.2) is 30.3 Å². The summed E-state index contributed by atoms with van der Waals surface area (Å²) in [6.45, 7) is -0.176. The van der Waals surface area contributed by atoms with Crippen molar-refractivity contribution in [3.63, 3.8) is 0 Å². The van der Waals surface area contributed by atoms with Gasteiger partial charge in [0.25, 0.3) is 0 Å². The Labute approximate surface area is 168 Å². The van der Waals surface area contributed by atoms with Crippen LogP contribution in [0.4, 0.5) is 26.3 Å². The molecule has 30 heavy (non-hydrogen) atoms. The van der Waals surface area contributed by atoms with Crippen molar-refractivity contribution in [2.45, 2.75) is 31.9 Å². The van der Waals surface area contributed by atoms with Gasteiger partial charge in [0.1, 0.15) is 11.5 Å². The number of ether oxygens (including phenoxy) is 2. The molecular formula is C20H17F6NO3. The Morgan fingerprint density at radius 1 is 0.933 bits per heavy atom. The molecule has 1 aliphatic rings. The molecule has 0 spiro atoms. The van der Waals surface area contributed by atoms with Gasteiger partial charge < -0.3 is 9.64 Å². The summed E-state index contributed by atoms with van der Waals surface area (Å²) in [6, 6.07) is 9.37. The number of alkyl halides is 6. The monoisotopic (exact) mass is 433 g/mol. The number of benzene rings is 2. The molecule has 0 saturated carbocycles. The lowest BCUT2D eigenvalue weighted by molar-refractivity contribution is -0.324. The number of carbonyl (C=O) groups is 1. The number of carbonyl (C=O) groups excluding carboxylic acids is 1. The van der Waals surface area contributed by atoms with Crippen LogP contribution in [0.25, 0.3) is 0 Å². The summed E-state index contributed by atoms with van der Waals surface area (Å²) >= 11 is 0.